The smallest absolute Gasteiger partial charge is 0.234 e. The summed E-state index contributed by atoms with van der Waals surface area (Å²) in [6.45, 7) is 2.51. The normalized spacial score (nSPS) is 10.5. The number of anilines is 2. The number of hydrogen-bond donors (Lipinski definition) is 2. The molecule has 0 aliphatic carbocycles. The molecular weight excluding hydrogens is 430 g/mol. The minimum atomic E-state index is -0.232. The Labute approximate surface area is 190 Å². The van der Waals surface area contributed by atoms with Crippen LogP contribution in [0.15, 0.2) is 53.7 Å². The molecule has 0 aliphatic heterocycles. The number of benzene rings is 2. The van der Waals surface area contributed by atoms with Gasteiger partial charge in [0.25, 0.3) is 0 Å². The van der Waals surface area contributed by atoms with E-state index in [-0.39, 0.29) is 24.0 Å². The molecule has 3 aromatic rings. The highest BCUT2D eigenvalue weighted by Gasteiger charge is 2.17. The van der Waals surface area contributed by atoms with Crippen LogP contribution in [0.5, 0.6) is 11.5 Å². The van der Waals surface area contributed by atoms with Crippen LogP contribution in [0.4, 0.5) is 11.4 Å². The van der Waals surface area contributed by atoms with E-state index in [0.29, 0.717) is 40.4 Å². The number of thioether (sulfide) groups is 1. The second-order valence-electron chi connectivity index (χ2n) is 6.64. The molecule has 0 bridgehead atoms. The van der Waals surface area contributed by atoms with E-state index in [0.717, 1.165) is 0 Å². The summed E-state index contributed by atoms with van der Waals surface area (Å²) in [6, 6.07) is 14.3. The van der Waals surface area contributed by atoms with Crippen molar-refractivity contribution in [2.45, 2.75) is 25.0 Å². The summed E-state index contributed by atoms with van der Waals surface area (Å²) in [4.78, 5) is 24.8. The third-order valence-electron chi connectivity index (χ3n) is 4.50. The predicted molar refractivity (Wildman–Crippen MR) is 123 cm³/mol. The van der Waals surface area contributed by atoms with E-state index in [4.69, 9.17) is 9.47 Å². The predicted octanol–water partition coefficient (Wildman–Crippen LogP) is 3.23. The molecule has 2 N–H and O–H groups in total. The van der Waals surface area contributed by atoms with Gasteiger partial charge in [-0.1, -0.05) is 30.0 Å². The van der Waals surface area contributed by atoms with E-state index < -0.39 is 0 Å². The van der Waals surface area contributed by atoms with Gasteiger partial charge in [-0.25, -0.2) is 0 Å². The van der Waals surface area contributed by atoms with Crippen molar-refractivity contribution in [1.82, 2.24) is 14.8 Å². The number of rotatable bonds is 10. The number of carbonyl (C=O) groups excluding carboxylic acids is 2. The van der Waals surface area contributed by atoms with E-state index in [1.807, 2.05) is 23.6 Å². The van der Waals surface area contributed by atoms with Crippen LogP contribution in [0, 0.1) is 0 Å². The van der Waals surface area contributed by atoms with Crippen LogP contribution < -0.4 is 20.1 Å². The van der Waals surface area contributed by atoms with Gasteiger partial charge in [-0.05, 0) is 31.2 Å². The highest BCUT2D eigenvalue weighted by molar-refractivity contribution is 7.99. The first-order valence-electron chi connectivity index (χ1n) is 9.95. The van der Waals surface area contributed by atoms with Gasteiger partial charge < -0.3 is 24.7 Å². The first-order chi connectivity index (χ1) is 15.5. The molecule has 0 saturated heterocycles. The van der Waals surface area contributed by atoms with Gasteiger partial charge in [0.15, 0.2) is 5.16 Å². The lowest BCUT2D eigenvalue weighted by atomic mass is 10.2. The SMILES string of the molecule is CCn1c(CC(=O)Nc2ccccc2OC)nnc1SCC(=O)Nc1cccc(OC)c1. The summed E-state index contributed by atoms with van der Waals surface area (Å²) < 4.78 is 12.2. The molecular formula is C22H25N5O4S. The van der Waals surface area contributed by atoms with Crippen LogP contribution in [-0.2, 0) is 22.6 Å². The van der Waals surface area contributed by atoms with Crippen molar-refractivity contribution in [3.63, 3.8) is 0 Å². The Morgan fingerprint density at radius 1 is 1.00 bits per heavy atom. The maximum atomic E-state index is 12.5. The third kappa shape index (κ3) is 6.01. The molecule has 1 heterocycles. The molecule has 0 radical (unpaired) electrons. The van der Waals surface area contributed by atoms with Gasteiger partial charge in [0.2, 0.25) is 11.8 Å². The van der Waals surface area contributed by atoms with Gasteiger partial charge in [0, 0.05) is 18.3 Å². The molecule has 0 atom stereocenters. The van der Waals surface area contributed by atoms with Gasteiger partial charge in [0.05, 0.1) is 32.1 Å². The van der Waals surface area contributed by atoms with Crippen LogP contribution in [-0.4, -0.2) is 46.6 Å². The van der Waals surface area contributed by atoms with Crippen LogP contribution in [0.3, 0.4) is 0 Å². The number of aromatic nitrogens is 3. The molecule has 0 spiro atoms. The minimum Gasteiger partial charge on any atom is -0.497 e. The Morgan fingerprint density at radius 3 is 2.56 bits per heavy atom. The minimum absolute atomic E-state index is 0.0510. The average Bonchev–Trinajstić information content (AvgIpc) is 3.19. The lowest BCUT2D eigenvalue weighted by Crippen LogP contribution is -2.18. The van der Waals surface area contributed by atoms with Crippen molar-refractivity contribution >= 4 is 35.0 Å². The molecule has 1 aromatic heterocycles. The van der Waals surface area contributed by atoms with E-state index in [2.05, 4.69) is 20.8 Å². The quantitative estimate of drug-likeness (QED) is 0.452. The molecule has 0 saturated carbocycles. The van der Waals surface area contributed by atoms with Gasteiger partial charge in [-0.3, -0.25) is 9.59 Å². The summed E-state index contributed by atoms with van der Waals surface area (Å²) in [5, 5.41) is 14.5. The number of methoxy groups -OCH3 is 2. The third-order valence-corrected chi connectivity index (χ3v) is 5.46. The summed E-state index contributed by atoms with van der Waals surface area (Å²) in [5.41, 5.74) is 1.24. The van der Waals surface area contributed by atoms with Crippen LogP contribution in [0.25, 0.3) is 0 Å². The van der Waals surface area contributed by atoms with Gasteiger partial charge in [-0.2, -0.15) is 0 Å². The Balaban J connectivity index is 1.59. The maximum absolute atomic E-state index is 12.5. The maximum Gasteiger partial charge on any atom is 0.234 e. The number of amides is 2. The molecule has 32 heavy (non-hydrogen) atoms. The Morgan fingerprint density at radius 2 is 1.81 bits per heavy atom. The fourth-order valence-corrected chi connectivity index (χ4v) is 3.81. The van der Waals surface area contributed by atoms with Crippen molar-refractivity contribution in [3.05, 3.63) is 54.4 Å². The number of hydrogen-bond acceptors (Lipinski definition) is 7. The number of ether oxygens (including phenoxy) is 2. The van der Waals surface area contributed by atoms with E-state index >= 15 is 0 Å². The van der Waals surface area contributed by atoms with Crippen LogP contribution >= 0.6 is 11.8 Å². The largest absolute Gasteiger partial charge is 0.497 e. The van der Waals surface area contributed by atoms with Crippen molar-refractivity contribution in [2.75, 3.05) is 30.6 Å². The zero-order valence-corrected chi connectivity index (χ0v) is 18.9. The Bertz CT molecular complexity index is 1090. The lowest BCUT2D eigenvalue weighted by molar-refractivity contribution is -0.116. The van der Waals surface area contributed by atoms with Gasteiger partial charge in [0.1, 0.15) is 17.3 Å². The second-order valence-corrected chi connectivity index (χ2v) is 7.58. The van der Waals surface area contributed by atoms with Crippen molar-refractivity contribution in [2.24, 2.45) is 0 Å². The van der Waals surface area contributed by atoms with Crippen LogP contribution in [0.1, 0.15) is 12.7 Å². The molecule has 3 rings (SSSR count). The summed E-state index contributed by atoms with van der Waals surface area (Å²) in [5.74, 6) is 1.51. The molecule has 168 valence electrons. The van der Waals surface area contributed by atoms with Gasteiger partial charge >= 0.3 is 0 Å². The number of para-hydroxylation sites is 2. The van der Waals surface area contributed by atoms with E-state index in [1.54, 1.807) is 50.6 Å². The lowest BCUT2D eigenvalue weighted by Gasteiger charge is -2.10. The number of nitrogens with one attached hydrogen (secondary N) is 2. The summed E-state index contributed by atoms with van der Waals surface area (Å²) in [6.07, 6.45) is 0.0510. The Hall–Kier alpha value is -3.53. The Kier molecular flexibility index (Phi) is 8.09. The van der Waals surface area contributed by atoms with Crippen molar-refractivity contribution in [3.8, 4) is 11.5 Å². The highest BCUT2D eigenvalue weighted by atomic mass is 32.2. The topological polar surface area (TPSA) is 107 Å². The molecule has 0 fully saturated rings. The number of nitrogens with zero attached hydrogens (tertiary/aromatic N) is 3. The zero-order valence-electron chi connectivity index (χ0n) is 18.1. The average molecular weight is 456 g/mol. The zero-order chi connectivity index (χ0) is 22.9. The molecule has 0 aliphatic rings. The standard InChI is InChI=1S/C22H25N5O4S/c1-4-27-19(13-20(28)24-17-10-5-6-11-18(17)31-3)25-26-22(27)32-14-21(29)23-15-8-7-9-16(12-15)30-2/h5-12H,4,13-14H2,1-3H3,(H,23,29)(H,24,28). The van der Waals surface area contributed by atoms with Crippen molar-refractivity contribution < 1.29 is 19.1 Å². The number of carbonyl (C=O) groups is 2. The monoisotopic (exact) mass is 455 g/mol. The molecule has 9 nitrogen and oxygen atoms in total. The first kappa shape index (κ1) is 23.1. The molecule has 2 aromatic carbocycles. The highest BCUT2D eigenvalue weighted by Crippen LogP contribution is 2.24. The van der Waals surface area contributed by atoms with Crippen LogP contribution in [0.2, 0.25) is 0 Å². The van der Waals surface area contributed by atoms with E-state index in [1.165, 1.54) is 11.8 Å². The summed E-state index contributed by atoms with van der Waals surface area (Å²) >= 11 is 1.26. The van der Waals surface area contributed by atoms with E-state index in [9.17, 15) is 9.59 Å². The second kappa shape index (κ2) is 11.2. The molecule has 2 amide bonds. The first-order valence-corrected chi connectivity index (χ1v) is 10.9. The molecule has 10 heteroatoms. The fourth-order valence-electron chi connectivity index (χ4n) is 2.99. The fraction of sp³-hybridized carbons (Fsp3) is 0.273. The molecule has 0 unspecified atom stereocenters. The summed E-state index contributed by atoms with van der Waals surface area (Å²) in [7, 11) is 3.12. The van der Waals surface area contributed by atoms with Gasteiger partial charge in [-0.15, -0.1) is 10.2 Å². The van der Waals surface area contributed by atoms with Crippen molar-refractivity contribution in [1.29, 1.82) is 0 Å².